The van der Waals surface area contributed by atoms with E-state index in [9.17, 15) is 9.00 Å². The predicted octanol–water partition coefficient (Wildman–Crippen LogP) is -1.16. The lowest BCUT2D eigenvalue weighted by atomic mass is 10.2. The number of hydrogen-bond donors (Lipinski definition) is 2. The smallest absolute Gasteiger partial charge is 0.270 e. The number of hydrogen-bond acceptors (Lipinski definition) is 7. The van der Waals surface area contributed by atoms with Crippen LogP contribution in [-0.4, -0.2) is 57.9 Å². The first-order chi connectivity index (χ1) is 9.69. The Balaban J connectivity index is 1.92. The van der Waals surface area contributed by atoms with E-state index in [-0.39, 0.29) is 17.4 Å². The molecule has 9 nitrogen and oxygen atoms in total. The number of allylic oxidation sites excluding steroid dienone is 1. The predicted molar refractivity (Wildman–Crippen MR) is 74.5 cm³/mol. The first-order valence-electron chi connectivity index (χ1n) is 5.90. The average molecular weight is 293 g/mol. The molecule has 10 heteroatoms. The van der Waals surface area contributed by atoms with Crippen LogP contribution in [0.2, 0.25) is 0 Å². The largest absolute Gasteiger partial charge is 0.317 e. The van der Waals surface area contributed by atoms with Crippen molar-refractivity contribution in [1.29, 1.82) is 0 Å². The van der Waals surface area contributed by atoms with Gasteiger partial charge in [0.1, 0.15) is 4.86 Å². The van der Waals surface area contributed by atoms with Crippen molar-refractivity contribution in [3.05, 3.63) is 12.3 Å². The average Bonchev–Trinajstić information content (AvgIpc) is 3.07. The van der Waals surface area contributed by atoms with Crippen LogP contribution >= 0.6 is 0 Å². The Morgan fingerprint density at radius 3 is 3.15 bits per heavy atom. The van der Waals surface area contributed by atoms with Gasteiger partial charge in [-0.25, -0.2) is 9.20 Å². The summed E-state index contributed by atoms with van der Waals surface area (Å²) in [7, 11) is -1.57. The summed E-state index contributed by atoms with van der Waals surface area (Å²) in [4.78, 5) is 18.2. The summed E-state index contributed by atoms with van der Waals surface area (Å²) in [6.07, 6.45) is 4.38. The number of nitrogens with one attached hydrogen (secondary N) is 2. The third-order valence-electron chi connectivity index (χ3n) is 2.82. The molecule has 3 heterocycles. The van der Waals surface area contributed by atoms with Crippen molar-refractivity contribution in [2.24, 2.45) is 4.99 Å². The molecule has 2 N–H and O–H groups in total. The molecule has 0 aliphatic carbocycles. The van der Waals surface area contributed by atoms with E-state index in [2.05, 4.69) is 30.9 Å². The number of anilines is 1. The standard InChI is InChI=1S/C10H11N7O2S/c1-2-6-3-4-17-5-7(20(19)10(17)11-6)8(18)12-9-13-15-16-14-9/h3-4H,2,5H2,1H3,(H2,12,13,14,15,16,18). The molecule has 0 aromatic carbocycles. The zero-order chi connectivity index (χ0) is 14.1. The second kappa shape index (κ2) is 4.89. The molecular formula is C10H11N7O2S. The molecule has 2 aliphatic rings. The minimum atomic E-state index is -1.57. The molecule has 0 radical (unpaired) electrons. The van der Waals surface area contributed by atoms with E-state index in [1.807, 2.05) is 13.0 Å². The molecule has 0 unspecified atom stereocenters. The third-order valence-corrected chi connectivity index (χ3v) is 4.24. The molecule has 1 aromatic heterocycles. The number of carbonyl (C=O) groups is 1. The maximum Gasteiger partial charge on any atom is 0.270 e. The third kappa shape index (κ3) is 2.09. The van der Waals surface area contributed by atoms with Gasteiger partial charge in [-0.3, -0.25) is 10.1 Å². The van der Waals surface area contributed by atoms with Crippen LogP contribution in [0, 0.1) is 0 Å². The Morgan fingerprint density at radius 1 is 1.60 bits per heavy atom. The summed E-state index contributed by atoms with van der Waals surface area (Å²) in [6, 6.07) is 0. The topological polar surface area (TPSA) is 116 Å². The van der Waals surface area contributed by atoms with Gasteiger partial charge in [0.05, 0.1) is 16.5 Å². The fourth-order valence-electron chi connectivity index (χ4n) is 1.79. The van der Waals surface area contributed by atoms with E-state index in [4.69, 9.17) is 0 Å². The highest BCUT2D eigenvalue weighted by Gasteiger charge is 2.27. The second-order valence-electron chi connectivity index (χ2n) is 4.06. The van der Waals surface area contributed by atoms with Crippen LogP contribution in [0.25, 0.3) is 0 Å². The number of aliphatic imine (C=N–C) groups is 1. The second-order valence-corrected chi connectivity index (χ2v) is 5.46. The highest BCUT2D eigenvalue weighted by Crippen LogP contribution is 2.10. The van der Waals surface area contributed by atoms with Gasteiger partial charge in [-0.2, -0.15) is 5.21 Å². The van der Waals surface area contributed by atoms with Gasteiger partial charge in [-0.05, 0) is 17.7 Å². The number of tetrazole rings is 1. The van der Waals surface area contributed by atoms with Crippen molar-refractivity contribution in [1.82, 2.24) is 25.5 Å². The number of aromatic nitrogens is 4. The number of aromatic amines is 1. The molecule has 104 valence electrons. The molecule has 2 aliphatic heterocycles. The zero-order valence-corrected chi connectivity index (χ0v) is 11.3. The van der Waals surface area contributed by atoms with Crippen molar-refractivity contribution in [3.8, 4) is 0 Å². The van der Waals surface area contributed by atoms with Crippen LogP contribution in [-0.2, 0) is 14.8 Å². The van der Waals surface area contributed by atoms with E-state index < -0.39 is 15.9 Å². The monoisotopic (exact) mass is 293 g/mol. The molecule has 0 atom stereocenters. The van der Waals surface area contributed by atoms with Gasteiger partial charge < -0.3 is 4.90 Å². The highest BCUT2D eigenvalue weighted by molar-refractivity contribution is 7.87. The SMILES string of the molecule is CCC1=NC2=S(=O)=C(C(=O)Nc3nn[nH]n3)CN2C=C1. The molecule has 0 saturated heterocycles. The molecule has 0 fully saturated rings. The fourth-order valence-corrected chi connectivity index (χ4v) is 3.03. The summed E-state index contributed by atoms with van der Waals surface area (Å²) in [6.45, 7) is 2.20. The van der Waals surface area contributed by atoms with Gasteiger partial charge in [0.2, 0.25) is 5.11 Å². The Labute approximate surface area is 115 Å². The minimum Gasteiger partial charge on any atom is -0.317 e. The Kier molecular flexibility index (Phi) is 3.06. The summed E-state index contributed by atoms with van der Waals surface area (Å²) in [5.41, 5.74) is 0.837. The Bertz CT molecular complexity index is 760. The van der Waals surface area contributed by atoms with E-state index >= 15 is 0 Å². The van der Waals surface area contributed by atoms with E-state index in [0.29, 0.717) is 5.11 Å². The van der Waals surface area contributed by atoms with Gasteiger partial charge >= 0.3 is 0 Å². The lowest BCUT2D eigenvalue weighted by molar-refractivity contribution is -0.110. The van der Waals surface area contributed by atoms with Crippen LogP contribution in [0.4, 0.5) is 5.95 Å². The molecule has 0 saturated carbocycles. The fraction of sp³-hybridized carbons (Fsp3) is 0.300. The van der Waals surface area contributed by atoms with Crippen molar-refractivity contribution in [2.45, 2.75) is 13.3 Å². The van der Waals surface area contributed by atoms with Gasteiger partial charge in [0, 0.05) is 11.9 Å². The lowest BCUT2D eigenvalue weighted by Crippen LogP contribution is -2.32. The van der Waals surface area contributed by atoms with Crippen molar-refractivity contribution in [3.63, 3.8) is 0 Å². The first-order valence-corrected chi connectivity index (χ1v) is 7.05. The molecule has 1 aromatic rings. The van der Waals surface area contributed by atoms with Crippen LogP contribution in [0.1, 0.15) is 13.3 Å². The van der Waals surface area contributed by atoms with Crippen LogP contribution < -0.4 is 5.32 Å². The van der Waals surface area contributed by atoms with Gasteiger partial charge in [0.15, 0.2) is 0 Å². The lowest BCUT2D eigenvalue weighted by Gasteiger charge is -2.17. The number of amides is 1. The summed E-state index contributed by atoms with van der Waals surface area (Å²) in [5, 5.41) is 15.6. The van der Waals surface area contributed by atoms with Crippen LogP contribution in [0.15, 0.2) is 17.3 Å². The summed E-state index contributed by atoms with van der Waals surface area (Å²) >= 11 is 0. The number of rotatable bonds is 3. The van der Waals surface area contributed by atoms with Crippen LogP contribution in [0.3, 0.4) is 0 Å². The number of carbonyl (C=O) groups excluding carboxylic acids is 1. The molecule has 0 bridgehead atoms. The van der Waals surface area contributed by atoms with E-state index in [1.165, 1.54) is 0 Å². The maximum absolute atomic E-state index is 12.3. The molecular weight excluding hydrogens is 282 g/mol. The number of nitrogens with zero attached hydrogens (tertiary/aromatic N) is 5. The normalized spacial score (nSPS) is 17.4. The van der Waals surface area contributed by atoms with Gasteiger partial charge in [-0.1, -0.05) is 12.0 Å². The first kappa shape index (κ1) is 12.5. The Morgan fingerprint density at radius 2 is 2.45 bits per heavy atom. The number of fused-ring (bicyclic) bond motifs is 1. The van der Waals surface area contributed by atoms with Gasteiger partial charge in [-0.15, -0.1) is 5.10 Å². The summed E-state index contributed by atoms with van der Waals surface area (Å²) < 4.78 is 12.3. The highest BCUT2D eigenvalue weighted by atomic mass is 32.1. The van der Waals surface area contributed by atoms with E-state index in [1.54, 1.807) is 11.1 Å². The Hall–Kier alpha value is -2.49. The van der Waals surface area contributed by atoms with Crippen molar-refractivity contribution < 1.29 is 9.00 Å². The molecule has 0 spiro atoms. The molecule has 1 amide bonds. The van der Waals surface area contributed by atoms with Crippen molar-refractivity contribution in [2.75, 3.05) is 11.9 Å². The molecule has 20 heavy (non-hydrogen) atoms. The summed E-state index contributed by atoms with van der Waals surface area (Å²) in [5.74, 6) is -0.448. The van der Waals surface area contributed by atoms with Gasteiger partial charge in [0.25, 0.3) is 11.9 Å². The quantitative estimate of drug-likeness (QED) is 0.679. The number of H-pyrrole nitrogens is 1. The maximum atomic E-state index is 12.3. The van der Waals surface area contributed by atoms with Crippen LogP contribution in [0.5, 0.6) is 0 Å². The van der Waals surface area contributed by atoms with E-state index in [0.717, 1.165) is 12.1 Å². The van der Waals surface area contributed by atoms with Crippen molar-refractivity contribution >= 4 is 37.5 Å². The zero-order valence-electron chi connectivity index (χ0n) is 10.5. The molecule has 3 rings (SSSR count). The minimum absolute atomic E-state index is 0.0441.